The van der Waals surface area contributed by atoms with Crippen LogP contribution in [0.4, 0.5) is 5.88 Å². The van der Waals surface area contributed by atoms with Gasteiger partial charge in [0.1, 0.15) is 4.92 Å². The lowest BCUT2D eigenvalue weighted by Gasteiger charge is -2.06. The largest absolute Gasteiger partial charge is 0.433 e. The first kappa shape index (κ1) is 11.4. The standard InChI is InChI=1S/C9H12N2O4/c1-10(2)6-5-7(12)8-3-4-9(15-8)11(13)14/h3-4H,5-6H2,1-2H3. The second-order valence-corrected chi connectivity index (χ2v) is 3.37. The normalized spacial score (nSPS) is 10.6. The topological polar surface area (TPSA) is 76.6 Å². The Morgan fingerprint density at radius 3 is 2.67 bits per heavy atom. The molecule has 0 radical (unpaired) electrons. The van der Waals surface area contributed by atoms with Crippen molar-refractivity contribution in [2.24, 2.45) is 0 Å². The second-order valence-electron chi connectivity index (χ2n) is 3.37. The van der Waals surface area contributed by atoms with Crippen LogP contribution in [0.15, 0.2) is 16.5 Å². The lowest BCUT2D eigenvalue weighted by molar-refractivity contribution is -0.402. The van der Waals surface area contributed by atoms with Gasteiger partial charge in [-0.3, -0.25) is 14.9 Å². The van der Waals surface area contributed by atoms with Crippen LogP contribution in [0.1, 0.15) is 17.0 Å². The highest BCUT2D eigenvalue weighted by molar-refractivity contribution is 5.93. The quantitative estimate of drug-likeness (QED) is 0.418. The van der Waals surface area contributed by atoms with E-state index in [1.54, 1.807) is 0 Å². The third-order valence-corrected chi connectivity index (χ3v) is 1.83. The van der Waals surface area contributed by atoms with E-state index in [0.29, 0.717) is 6.54 Å². The van der Waals surface area contributed by atoms with E-state index < -0.39 is 10.8 Å². The Kier molecular flexibility index (Phi) is 3.56. The molecule has 0 saturated carbocycles. The molecule has 15 heavy (non-hydrogen) atoms. The van der Waals surface area contributed by atoms with Gasteiger partial charge in [0, 0.05) is 13.0 Å². The maximum atomic E-state index is 11.4. The van der Waals surface area contributed by atoms with E-state index in [4.69, 9.17) is 4.42 Å². The Morgan fingerprint density at radius 1 is 1.53 bits per heavy atom. The van der Waals surface area contributed by atoms with Crippen LogP contribution >= 0.6 is 0 Å². The average Bonchev–Trinajstić information content (AvgIpc) is 2.62. The number of carbonyl (C=O) groups excluding carboxylic acids is 1. The molecule has 0 unspecified atom stereocenters. The van der Waals surface area contributed by atoms with E-state index in [-0.39, 0.29) is 18.0 Å². The lowest BCUT2D eigenvalue weighted by atomic mass is 10.2. The van der Waals surface area contributed by atoms with Gasteiger partial charge < -0.3 is 9.32 Å². The summed E-state index contributed by atoms with van der Waals surface area (Å²) in [6, 6.07) is 2.51. The highest BCUT2D eigenvalue weighted by Crippen LogP contribution is 2.16. The number of carbonyl (C=O) groups is 1. The molecule has 0 aromatic carbocycles. The molecule has 1 heterocycles. The first-order valence-corrected chi connectivity index (χ1v) is 4.43. The third-order valence-electron chi connectivity index (χ3n) is 1.83. The molecule has 0 amide bonds. The molecule has 0 saturated heterocycles. The minimum Gasteiger partial charge on any atom is -0.397 e. The smallest absolute Gasteiger partial charge is 0.397 e. The molecule has 1 aromatic rings. The summed E-state index contributed by atoms with van der Waals surface area (Å²) in [6.45, 7) is 0.591. The van der Waals surface area contributed by atoms with Crippen molar-refractivity contribution in [2.45, 2.75) is 6.42 Å². The fraction of sp³-hybridized carbons (Fsp3) is 0.444. The molecule has 6 heteroatoms. The van der Waals surface area contributed by atoms with E-state index in [1.807, 2.05) is 19.0 Å². The van der Waals surface area contributed by atoms with Crippen LogP contribution in [0.2, 0.25) is 0 Å². The van der Waals surface area contributed by atoms with Crippen LogP contribution in [0.25, 0.3) is 0 Å². The first-order chi connectivity index (χ1) is 7.00. The molecule has 0 spiro atoms. The average molecular weight is 212 g/mol. The van der Waals surface area contributed by atoms with Gasteiger partial charge in [-0.15, -0.1) is 0 Å². The fourth-order valence-electron chi connectivity index (χ4n) is 1.02. The van der Waals surface area contributed by atoms with Crippen LogP contribution < -0.4 is 0 Å². The number of nitrogens with zero attached hydrogens (tertiary/aromatic N) is 2. The van der Waals surface area contributed by atoms with Gasteiger partial charge in [0.05, 0.1) is 6.07 Å². The van der Waals surface area contributed by atoms with Crippen LogP contribution in [-0.4, -0.2) is 36.2 Å². The van der Waals surface area contributed by atoms with Crippen molar-refractivity contribution < 1.29 is 14.1 Å². The highest BCUT2D eigenvalue weighted by atomic mass is 16.6. The summed E-state index contributed by atoms with van der Waals surface area (Å²) in [5.74, 6) is -0.580. The Morgan fingerprint density at radius 2 is 2.20 bits per heavy atom. The predicted octanol–water partition coefficient (Wildman–Crippen LogP) is 1.32. The number of furan rings is 1. The van der Waals surface area contributed by atoms with Gasteiger partial charge in [-0.1, -0.05) is 0 Å². The van der Waals surface area contributed by atoms with E-state index >= 15 is 0 Å². The van der Waals surface area contributed by atoms with Crippen molar-refractivity contribution in [1.29, 1.82) is 0 Å². The molecular weight excluding hydrogens is 200 g/mol. The summed E-state index contributed by atoms with van der Waals surface area (Å²) >= 11 is 0. The predicted molar refractivity (Wildman–Crippen MR) is 52.9 cm³/mol. The lowest BCUT2D eigenvalue weighted by Crippen LogP contribution is -2.16. The summed E-state index contributed by atoms with van der Waals surface area (Å²) in [4.78, 5) is 22.9. The zero-order valence-corrected chi connectivity index (χ0v) is 8.60. The summed E-state index contributed by atoms with van der Waals surface area (Å²) in [7, 11) is 3.69. The maximum absolute atomic E-state index is 11.4. The van der Waals surface area contributed by atoms with Crippen LogP contribution in [0.3, 0.4) is 0 Å². The first-order valence-electron chi connectivity index (χ1n) is 4.43. The Hall–Kier alpha value is -1.69. The molecule has 82 valence electrons. The number of nitro groups is 1. The van der Waals surface area contributed by atoms with Crippen LogP contribution in [0.5, 0.6) is 0 Å². The van der Waals surface area contributed by atoms with Crippen molar-refractivity contribution >= 4 is 11.7 Å². The second kappa shape index (κ2) is 4.70. The fourth-order valence-corrected chi connectivity index (χ4v) is 1.02. The molecule has 0 aliphatic heterocycles. The van der Waals surface area contributed by atoms with E-state index in [0.717, 1.165) is 0 Å². The third kappa shape index (κ3) is 3.17. The molecule has 0 fully saturated rings. The molecule has 0 aliphatic carbocycles. The number of rotatable bonds is 5. The highest BCUT2D eigenvalue weighted by Gasteiger charge is 2.16. The zero-order chi connectivity index (χ0) is 11.4. The molecule has 0 bridgehead atoms. The van der Waals surface area contributed by atoms with Gasteiger partial charge in [-0.05, 0) is 20.2 Å². The minimum absolute atomic E-state index is 0.0450. The van der Waals surface area contributed by atoms with Crippen LogP contribution in [0, 0.1) is 10.1 Å². The summed E-state index contributed by atoms with van der Waals surface area (Å²) in [5, 5.41) is 10.3. The summed E-state index contributed by atoms with van der Waals surface area (Å²) in [5.41, 5.74) is 0. The van der Waals surface area contributed by atoms with Crippen molar-refractivity contribution in [3.8, 4) is 0 Å². The van der Waals surface area contributed by atoms with Gasteiger partial charge in [0.25, 0.3) is 0 Å². The van der Waals surface area contributed by atoms with Crippen molar-refractivity contribution in [3.05, 3.63) is 28.0 Å². The van der Waals surface area contributed by atoms with E-state index in [9.17, 15) is 14.9 Å². The summed E-state index contributed by atoms with van der Waals surface area (Å²) < 4.78 is 4.77. The molecule has 1 aromatic heterocycles. The number of hydrogen-bond donors (Lipinski definition) is 0. The van der Waals surface area contributed by atoms with Crippen molar-refractivity contribution in [3.63, 3.8) is 0 Å². The number of ketones is 1. The van der Waals surface area contributed by atoms with Crippen LogP contribution in [-0.2, 0) is 0 Å². The SMILES string of the molecule is CN(C)CCC(=O)c1ccc([N+](=O)[O-])o1. The monoisotopic (exact) mass is 212 g/mol. The molecule has 6 nitrogen and oxygen atoms in total. The molecular formula is C9H12N2O4. The van der Waals surface area contributed by atoms with Gasteiger partial charge in [-0.2, -0.15) is 0 Å². The molecule has 0 aliphatic rings. The zero-order valence-electron chi connectivity index (χ0n) is 8.60. The van der Waals surface area contributed by atoms with Crippen molar-refractivity contribution in [2.75, 3.05) is 20.6 Å². The Balaban J connectivity index is 2.62. The van der Waals surface area contributed by atoms with Crippen molar-refractivity contribution in [1.82, 2.24) is 4.90 Å². The summed E-state index contributed by atoms with van der Waals surface area (Å²) in [6.07, 6.45) is 0.289. The maximum Gasteiger partial charge on any atom is 0.433 e. The van der Waals surface area contributed by atoms with Gasteiger partial charge >= 0.3 is 5.88 Å². The van der Waals surface area contributed by atoms with E-state index in [1.165, 1.54) is 12.1 Å². The van der Waals surface area contributed by atoms with Gasteiger partial charge in [-0.25, -0.2) is 0 Å². The molecule has 1 rings (SSSR count). The Labute approximate surface area is 86.6 Å². The van der Waals surface area contributed by atoms with Gasteiger partial charge in [0.15, 0.2) is 11.5 Å². The van der Waals surface area contributed by atoms with Gasteiger partial charge in [0.2, 0.25) is 0 Å². The van der Waals surface area contributed by atoms with E-state index in [2.05, 4.69) is 0 Å². The molecule has 0 N–H and O–H groups in total. The molecule has 0 atom stereocenters. The number of Topliss-reactive ketones (excluding diaryl/α,β-unsaturated/α-hetero) is 1. The minimum atomic E-state index is -0.664. The Bertz CT molecular complexity index is 370. The number of hydrogen-bond acceptors (Lipinski definition) is 5.